The molecule has 0 radical (unpaired) electrons. The van der Waals surface area contributed by atoms with Crippen molar-refractivity contribution in [1.82, 2.24) is 15.1 Å². The van der Waals surface area contributed by atoms with E-state index >= 15 is 0 Å². The third-order valence-corrected chi connectivity index (χ3v) is 1.95. The van der Waals surface area contributed by atoms with Crippen molar-refractivity contribution in [2.45, 2.75) is 19.9 Å². The molecule has 0 aliphatic carbocycles. The third kappa shape index (κ3) is 5.12. The van der Waals surface area contributed by atoms with Crippen LogP contribution in [0.1, 0.15) is 13.3 Å². The quantitative estimate of drug-likeness (QED) is 0.548. The number of anilines is 1. The molecule has 4 N–H and O–H groups in total. The maximum atomic E-state index is 11.4. The maximum absolute atomic E-state index is 11.4. The lowest BCUT2D eigenvalue weighted by Crippen LogP contribution is -2.28. The smallest absolute Gasteiger partial charge is 0.239 e. The van der Waals surface area contributed by atoms with Crippen molar-refractivity contribution in [3.05, 3.63) is 12.4 Å². The molecule has 7 heteroatoms. The molecule has 17 heavy (non-hydrogen) atoms. The van der Waals surface area contributed by atoms with E-state index in [4.69, 9.17) is 5.73 Å². The fourth-order valence-electron chi connectivity index (χ4n) is 1.26. The Morgan fingerprint density at radius 1 is 1.53 bits per heavy atom. The second-order valence-electron chi connectivity index (χ2n) is 3.62. The van der Waals surface area contributed by atoms with Crippen LogP contribution in [0.5, 0.6) is 0 Å². The summed E-state index contributed by atoms with van der Waals surface area (Å²) in [6.45, 7) is 3.09. The van der Waals surface area contributed by atoms with Crippen molar-refractivity contribution >= 4 is 17.5 Å². The van der Waals surface area contributed by atoms with E-state index in [1.54, 1.807) is 6.20 Å². The number of carbonyl (C=O) groups is 2. The second kappa shape index (κ2) is 6.64. The molecule has 1 aromatic heterocycles. The average Bonchev–Trinajstić information content (AvgIpc) is 2.64. The Kier molecular flexibility index (Phi) is 5.15. The van der Waals surface area contributed by atoms with Gasteiger partial charge in [-0.3, -0.25) is 14.3 Å². The molecule has 1 aromatic rings. The lowest BCUT2D eigenvalue weighted by atomic mass is 10.4. The van der Waals surface area contributed by atoms with Gasteiger partial charge in [-0.25, -0.2) is 0 Å². The molecule has 0 fully saturated rings. The van der Waals surface area contributed by atoms with Gasteiger partial charge in [0.15, 0.2) is 0 Å². The Labute approximate surface area is 99.4 Å². The number of hydrogen-bond acceptors (Lipinski definition) is 4. The highest BCUT2D eigenvalue weighted by molar-refractivity contribution is 5.91. The van der Waals surface area contributed by atoms with E-state index in [-0.39, 0.29) is 19.0 Å². The Balaban J connectivity index is 2.38. The summed E-state index contributed by atoms with van der Waals surface area (Å²) in [4.78, 5) is 22.1. The van der Waals surface area contributed by atoms with Gasteiger partial charge in [0.05, 0.1) is 18.4 Å². The van der Waals surface area contributed by atoms with Crippen LogP contribution < -0.4 is 16.4 Å². The SMILES string of the molecule is CCCNCC(=O)Nc1cnn(CC(N)=O)c1. The van der Waals surface area contributed by atoms with E-state index in [1.165, 1.54) is 10.9 Å². The van der Waals surface area contributed by atoms with Crippen LogP contribution in [-0.2, 0) is 16.1 Å². The molecular formula is C10H17N5O2. The molecule has 7 nitrogen and oxygen atoms in total. The Morgan fingerprint density at radius 3 is 2.94 bits per heavy atom. The van der Waals surface area contributed by atoms with Crippen LogP contribution in [0.3, 0.4) is 0 Å². The minimum absolute atomic E-state index is 0.00392. The highest BCUT2D eigenvalue weighted by Gasteiger charge is 2.04. The molecule has 0 atom stereocenters. The number of primary amides is 1. The first-order valence-corrected chi connectivity index (χ1v) is 5.43. The summed E-state index contributed by atoms with van der Waals surface area (Å²) in [5.74, 6) is -0.618. The molecule has 0 spiro atoms. The first-order chi connectivity index (χ1) is 8.11. The topological polar surface area (TPSA) is 102 Å². The van der Waals surface area contributed by atoms with Crippen molar-refractivity contribution in [2.24, 2.45) is 5.73 Å². The zero-order valence-electron chi connectivity index (χ0n) is 9.77. The van der Waals surface area contributed by atoms with Gasteiger partial charge in [0.2, 0.25) is 11.8 Å². The minimum atomic E-state index is -0.476. The van der Waals surface area contributed by atoms with Crippen molar-refractivity contribution < 1.29 is 9.59 Å². The summed E-state index contributed by atoms with van der Waals surface area (Å²) in [7, 11) is 0. The molecule has 1 heterocycles. The van der Waals surface area contributed by atoms with Crippen molar-refractivity contribution in [2.75, 3.05) is 18.4 Å². The highest BCUT2D eigenvalue weighted by atomic mass is 16.2. The molecule has 94 valence electrons. The van der Waals surface area contributed by atoms with Crippen LogP contribution in [-0.4, -0.2) is 34.7 Å². The fourth-order valence-corrected chi connectivity index (χ4v) is 1.26. The van der Waals surface area contributed by atoms with Crippen LogP contribution >= 0.6 is 0 Å². The first kappa shape index (κ1) is 13.2. The van der Waals surface area contributed by atoms with E-state index in [0.717, 1.165) is 13.0 Å². The Bertz CT molecular complexity index is 388. The standard InChI is InChI=1S/C10H17N5O2/c1-2-3-12-5-10(17)14-8-4-13-15(6-8)7-9(11)16/h4,6,12H,2-3,5,7H2,1H3,(H2,11,16)(H,14,17). The molecule has 0 aromatic carbocycles. The van der Waals surface area contributed by atoms with Gasteiger partial charge in [0.25, 0.3) is 0 Å². The number of nitrogens with one attached hydrogen (secondary N) is 2. The van der Waals surface area contributed by atoms with E-state index < -0.39 is 5.91 Å². The van der Waals surface area contributed by atoms with Crippen LogP contribution in [0.15, 0.2) is 12.4 Å². The van der Waals surface area contributed by atoms with Crippen molar-refractivity contribution in [1.29, 1.82) is 0 Å². The van der Waals surface area contributed by atoms with Crippen molar-refractivity contribution in [3.63, 3.8) is 0 Å². The largest absolute Gasteiger partial charge is 0.368 e. The number of aromatic nitrogens is 2. The number of amides is 2. The van der Waals surface area contributed by atoms with Gasteiger partial charge in [0.1, 0.15) is 6.54 Å². The van der Waals surface area contributed by atoms with Crippen molar-refractivity contribution in [3.8, 4) is 0 Å². The van der Waals surface area contributed by atoms with Gasteiger partial charge in [-0.15, -0.1) is 0 Å². The van der Waals surface area contributed by atoms with Gasteiger partial charge in [0, 0.05) is 6.20 Å². The number of carbonyl (C=O) groups excluding carboxylic acids is 2. The number of hydrogen-bond donors (Lipinski definition) is 3. The molecule has 2 amide bonds. The molecule has 0 aliphatic rings. The number of rotatable bonds is 7. The minimum Gasteiger partial charge on any atom is -0.368 e. The zero-order valence-corrected chi connectivity index (χ0v) is 9.77. The summed E-state index contributed by atoms with van der Waals surface area (Å²) in [6, 6.07) is 0. The van der Waals surface area contributed by atoms with Gasteiger partial charge in [-0.05, 0) is 13.0 Å². The van der Waals surface area contributed by atoms with Gasteiger partial charge >= 0.3 is 0 Å². The van der Waals surface area contributed by atoms with Gasteiger partial charge in [-0.2, -0.15) is 5.10 Å². The van der Waals surface area contributed by atoms with Crippen LogP contribution in [0.2, 0.25) is 0 Å². The van der Waals surface area contributed by atoms with E-state index in [1.807, 2.05) is 6.92 Å². The fraction of sp³-hybridized carbons (Fsp3) is 0.500. The first-order valence-electron chi connectivity index (χ1n) is 5.43. The molecule has 0 aliphatic heterocycles. The van der Waals surface area contributed by atoms with E-state index in [0.29, 0.717) is 5.69 Å². The zero-order chi connectivity index (χ0) is 12.7. The molecular weight excluding hydrogens is 222 g/mol. The predicted octanol–water partition coefficient (Wildman–Crippen LogP) is -0.693. The summed E-state index contributed by atoms with van der Waals surface area (Å²) in [5, 5.41) is 9.52. The third-order valence-electron chi connectivity index (χ3n) is 1.95. The van der Waals surface area contributed by atoms with Gasteiger partial charge in [-0.1, -0.05) is 6.92 Å². The molecule has 0 saturated heterocycles. The molecule has 0 unspecified atom stereocenters. The lowest BCUT2D eigenvalue weighted by molar-refractivity contribution is -0.118. The predicted molar refractivity (Wildman–Crippen MR) is 63.2 cm³/mol. The highest BCUT2D eigenvalue weighted by Crippen LogP contribution is 2.03. The Hall–Kier alpha value is -1.89. The van der Waals surface area contributed by atoms with Crippen LogP contribution in [0.25, 0.3) is 0 Å². The van der Waals surface area contributed by atoms with Crippen LogP contribution in [0, 0.1) is 0 Å². The summed E-state index contributed by atoms with van der Waals surface area (Å²) in [5.41, 5.74) is 5.57. The summed E-state index contributed by atoms with van der Waals surface area (Å²) < 4.78 is 1.37. The Morgan fingerprint density at radius 2 is 2.29 bits per heavy atom. The summed E-state index contributed by atoms with van der Waals surface area (Å²) in [6.07, 6.45) is 4.01. The monoisotopic (exact) mass is 239 g/mol. The second-order valence-corrected chi connectivity index (χ2v) is 3.62. The normalized spacial score (nSPS) is 10.2. The summed E-state index contributed by atoms with van der Waals surface area (Å²) >= 11 is 0. The average molecular weight is 239 g/mol. The molecule has 0 bridgehead atoms. The number of nitrogens with two attached hydrogens (primary N) is 1. The molecule has 0 saturated carbocycles. The maximum Gasteiger partial charge on any atom is 0.239 e. The lowest BCUT2D eigenvalue weighted by Gasteiger charge is -2.03. The van der Waals surface area contributed by atoms with E-state index in [2.05, 4.69) is 15.7 Å². The molecule has 1 rings (SSSR count). The van der Waals surface area contributed by atoms with Gasteiger partial charge < -0.3 is 16.4 Å². The van der Waals surface area contributed by atoms with Crippen LogP contribution in [0.4, 0.5) is 5.69 Å². The number of nitrogens with zero attached hydrogens (tertiary/aromatic N) is 2. The van der Waals surface area contributed by atoms with E-state index in [9.17, 15) is 9.59 Å².